The van der Waals surface area contributed by atoms with E-state index in [0.29, 0.717) is 0 Å². The molecule has 114 valence electrons. The summed E-state index contributed by atoms with van der Waals surface area (Å²) in [6.45, 7) is 0. The fraction of sp³-hybridized carbons (Fsp3) is 0. The third-order valence-electron chi connectivity index (χ3n) is 4.51. The third-order valence-corrected chi connectivity index (χ3v) is 4.75. The topological polar surface area (TPSA) is 17.8 Å². The van der Waals surface area contributed by atoms with E-state index in [0.717, 1.165) is 32.5 Å². The number of nitrogens with zero attached hydrogens (tertiary/aromatic N) is 2. The molecule has 0 amide bonds. The summed E-state index contributed by atoms with van der Waals surface area (Å²) in [7, 11) is 0. The molecule has 0 saturated heterocycles. The Morgan fingerprint density at radius 2 is 1.54 bits per heavy atom. The van der Waals surface area contributed by atoms with E-state index in [2.05, 4.69) is 47.0 Å². The van der Waals surface area contributed by atoms with Gasteiger partial charge in [0.25, 0.3) is 0 Å². The molecule has 1 heterocycles. The summed E-state index contributed by atoms with van der Waals surface area (Å²) in [5, 5.41) is 5.39. The van der Waals surface area contributed by atoms with Crippen molar-refractivity contribution in [3.8, 4) is 5.69 Å². The lowest BCUT2D eigenvalue weighted by atomic mass is 10.0. The van der Waals surface area contributed by atoms with Gasteiger partial charge in [0.05, 0.1) is 11.0 Å². The highest BCUT2D eigenvalue weighted by molar-refractivity contribution is 6.32. The normalized spacial score (nSPS) is 11.5. The Labute approximate surface area is 143 Å². The molecule has 1 aromatic heterocycles. The molecule has 5 rings (SSSR count). The van der Waals surface area contributed by atoms with Gasteiger partial charge in [-0.1, -0.05) is 54.1 Å². The Morgan fingerprint density at radius 1 is 0.792 bits per heavy atom. The molecule has 0 fully saturated rings. The van der Waals surface area contributed by atoms with Crippen molar-refractivity contribution in [2.75, 3.05) is 0 Å². The fourth-order valence-electron chi connectivity index (χ4n) is 3.38. The molecule has 0 N–H and O–H groups in total. The quantitative estimate of drug-likeness (QED) is 0.346. The molecule has 4 aromatic carbocycles. The molecule has 24 heavy (non-hydrogen) atoms. The number of aromatic nitrogens is 2. The number of fused-ring (bicyclic) bond motifs is 5. The maximum atomic E-state index is 6.25. The van der Waals surface area contributed by atoms with Crippen molar-refractivity contribution in [3.63, 3.8) is 0 Å². The van der Waals surface area contributed by atoms with Gasteiger partial charge in [-0.2, -0.15) is 0 Å². The molecule has 0 unspecified atom stereocenters. The molecule has 0 aliphatic heterocycles. The van der Waals surface area contributed by atoms with Gasteiger partial charge in [-0.25, -0.2) is 4.98 Å². The monoisotopic (exact) mass is 328 g/mol. The van der Waals surface area contributed by atoms with Gasteiger partial charge in [0.1, 0.15) is 6.33 Å². The standard InChI is InChI=1S/C21H13ClN2/c22-16-10-8-14-6-7-15-9-11-19-21(20(15)18(14)12-16)23-13-24(19)17-4-2-1-3-5-17/h1-13H. The molecule has 0 aliphatic rings. The first-order chi connectivity index (χ1) is 11.8. The molecule has 0 spiro atoms. The van der Waals surface area contributed by atoms with Crippen molar-refractivity contribution in [2.45, 2.75) is 0 Å². The van der Waals surface area contributed by atoms with Gasteiger partial charge >= 0.3 is 0 Å². The Balaban J connectivity index is 1.94. The summed E-state index contributed by atoms with van der Waals surface area (Å²) in [4.78, 5) is 4.72. The van der Waals surface area contributed by atoms with Gasteiger partial charge in [0, 0.05) is 16.1 Å². The molecule has 0 atom stereocenters. The van der Waals surface area contributed by atoms with Crippen LogP contribution in [0.4, 0.5) is 0 Å². The SMILES string of the molecule is Clc1ccc2ccc3ccc4c(ncn4-c4ccccc4)c3c2c1. The van der Waals surface area contributed by atoms with Crippen molar-refractivity contribution in [3.05, 3.63) is 84.1 Å². The number of hydrogen-bond donors (Lipinski definition) is 0. The Bertz CT molecular complexity index is 1210. The largest absolute Gasteiger partial charge is 0.299 e. The molecular formula is C21H13ClN2. The Hall–Kier alpha value is -2.84. The second-order valence-corrected chi connectivity index (χ2v) is 6.35. The van der Waals surface area contributed by atoms with Crippen LogP contribution in [0.15, 0.2) is 79.1 Å². The van der Waals surface area contributed by atoms with Crippen LogP contribution in [0.1, 0.15) is 0 Å². The van der Waals surface area contributed by atoms with E-state index in [1.54, 1.807) is 0 Å². The van der Waals surface area contributed by atoms with Gasteiger partial charge in [-0.05, 0) is 46.5 Å². The van der Waals surface area contributed by atoms with E-state index < -0.39 is 0 Å². The minimum atomic E-state index is 0.745. The van der Waals surface area contributed by atoms with Crippen LogP contribution in [0.2, 0.25) is 5.02 Å². The van der Waals surface area contributed by atoms with Gasteiger partial charge in [0.15, 0.2) is 0 Å². The van der Waals surface area contributed by atoms with Crippen LogP contribution in [0.3, 0.4) is 0 Å². The lowest BCUT2D eigenvalue weighted by molar-refractivity contribution is 1.09. The molecule has 2 nitrogen and oxygen atoms in total. The van der Waals surface area contributed by atoms with Gasteiger partial charge in [-0.3, -0.25) is 4.57 Å². The lowest BCUT2D eigenvalue weighted by Gasteiger charge is -2.07. The summed E-state index contributed by atoms with van der Waals surface area (Å²) < 4.78 is 2.12. The number of para-hydroxylation sites is 1. The lowest BCUT2D eigenvalue weighted by Crippen LogP contribution is -1.90. The molecule has 0 saturated carbocycles. The summed E-state index contributed by atoms with van der Waals surface area (Å²) in [6.07, 6.45) is 1.89. The fourth-order valence-corrected chi connectivity index (χ4v) is 3.56. The van der Waals surface area contributed by atoms with E-state index in [-0.39, 0.29) is 0 Å². The summed E-state index contributed by atoms with van der Waals surface area (Å²) >= 11 is 6.25. The summed E-state index contributed by atoms with van der Waals surface area (Å²) in [5.41, 5.74) is 3.21. The average Bonchev–Trinajstić information content (AvgIpc) is 3.06. The smallest absolute Gasteiger partial charge is 0.100 e. The van der Waals surface area contributed by atoms with Crippen molar-refractivity contribution in [2.24, 2.45) is 0 Å². The van der Waals surface area contributed by atoms with E-state index in [1.807, 2.05) is 36.7 Å². The van der Waals surface area contributed by atoms with E-state index in [4.69, 9.17) is 16.6 Å². The van der Waals surface area contributed by atoms with Gasteiger partial charge in [-0.15, -0.1) is 0 Å². The van der Waals surface area contributed by atoms with Gasteiger partial charge < -0.3 is 0 Å². The minimum Gasteiger partial charge on any atom is -0.299 e. The van der Waals surface area contributed by atoms with Crippen LogP contribution >= 0.6 is 11.6 Å². The predicted octanol–water partition coefficient (Wildman–Crippen LogP) is 5.99. The van der Waals surface area contributed by atoms with Crippen molar-refractivity contribution < 1.29 is 0 Å². The highest BCUT2D eigenvalue weighted by Crippen LogP contribution is 2.33. The van der Waals surface area contributed by atoms with Crippen LogP contribution < -0.4 is 0 Å². The molecule has 0 bridgehead atoms. The second-order valence-electron chi connectivity index (χ2n) is 5.91. The maximum absolute atomic E-state index is 6.25. The van der Waals surface area contributed by atoms with E-state index >= 15 is 0 Å². The zero-order valence-corrected chi connectivity index (χ0v) is 13.5. The molecular weight excluding hydrogens is 316 g/mol. The maximum Gasteiger partial charge on any atom is 0.100 e. The van der Waals surface area contributed by atoms with Crippen molar-refractivity contribution >= 4 is 44.2 Å². The van der Waals surface area contributed by atoms with E-state index in [9.17, 15) is 0 Å². The summed E-state index contributed by atoms with van der Waals surface area (Å²) in [6, 6.07) is 24.9. The molecule has 3 heteroatoms. The predicted molar refractivity (Wildman–Crippen MR) is 101 cm³/mol. The first-order valence-corrected chi connectivity index (χ1v) is 8.22. The Morgan fingerprint density at radius 3 is 2.42 bits per heavy atom. The number of imidazole rings is 1. The highest BCUT2D eigenvalue weighted by atomic mass is 35.5. The van der Waals surface area contributed by atoms with Gasteiger partial charge in [0.2, 0.25) is 0 Å². The average molecular weight is 329 g/mol. The Kier molecular flexibility index (Phi) is 2.88. The van der Waals surface area contributed by atoms with Crippen molar-refractivity contribution in [1.82, 2.24) is 9.55 Å². The number of hydrogen-bond acceptors (Lipinski definition) is 1. The first-order valence-electron chi connectivity index (χ1n) is 7.85. The van der Waals surface area contributed by atoms with Crippen molar-refractivity contribution in [1.29, 1.82) is 0 Å². The third kappa shape index (κ3) is 1.93. The van der Waals surface area contributed by atoms with E-state index in [1.165, 1.54) is 10.8 Å². The zero-order chi connectivity index (χ0) is 16.1. The first kappa shape index (κ1) is 13.6. The van der Waals surface area contributed by atoms with Crippen LogP contribution in [0, 0.1) is 0 Å². The number of halogens is 1. The molecule has 5 aromatic rings. The molecule has 0 aliphatic carbocycles. The second kappa shape index (κ2) is 5.08. The zero-order valence-electron chi connectivity index (χ0n) is 12.8. The van der Waals surface area contributed by atoms with Crippen LogP contribution in [0.25, 0.3) is 38.3 Å². The van der Waals surface area contributed by atoms with Crippen LogP contribution in [-0.4, -0.2) is 9.55 Å². The van der Waals surface area contributed by atoms with Crippen LogP contribution in [-0.2, 0) is 0 Å². The number of benzene rings is 4. The minimum absolute atomic E-state index is 0.745. The number of rotatable bonds is 1. The highest BCUT2D eigenvalue weighted by Gasteiger charge is 2.11. The summed E-state index contributed by atoms with van der Waals surface area (Å²) in [5.74, 6) is 0. The van der Waals surface area contributed by atoms with Crippen LogP contribution in [0.5, 0.6) is 0 Å². The molecule has 0 radical (unpaired) electrons.